The number of benzene rings is 6. The molecule has 0 amide bonds. The number of fused-ring (bicyclic) bond motifs is 12. The molecule has 0 fully saturated rings. The van der Waals surface area contributed by atoms with Crippen molar-refractivity contribution in [3.8, 4) is 17.1 Å². The van der Waals surface area contributed by atoms with Crippen LogP contribution in [-0.4, -0.2) is 23.7 Å². The Morgan fingerprint density at radius 1 is 0.327 bits per heavy atom. The summed E-state index contributed by atoms with van der Waals surface area (Å²) in [6.07, 6.45) is 3.85. The van der Waals surface area contributed by atoms with Crippen LogP contribution in [0.25, 0.3) is 103 Å². The molecule has 52 heavy (non-hydrogen) atoms. The number of nitrogens with zero attached hydrogens (tertiary/aromatic N) is 5. The maximum absolute atomic E-state index is 4.93. The number of rotatable bonds is 3. The fourth-order valence-corrected chi connectivity index (χ4v) is 9.53. The van der Waals surface area contributed by atoms with E-state index in [0.717, 1.165) is 48.5 Å². The standard InChI is InChI=1S/C46H27N5S/c1-5-15-39-31(10-1)32-11-2-6-16-40(32)49(39)28-19-21-43-36(24-28)33-12-3-7-17-41(33)50(43)29-20-22-44-37(25-29)34-13-4-8-18-42(34)51(44)30-26-38-35-14-9-23-47-45(35)52-46(38)48-27-30/h1-27H. The molecule has 12 rings (SSSR count). The van der Waals surface area contributed by atoms with Crippen LogP contribution in [-0.2, 0) is 0 Å². The van der Waals surface area contributed by atoms with Crippen molar-refractivity contribution < 1.29 is 0 Å². The van der Waals surface area contributed by atoms with E-state index < -0.39 is 0 Å². The first kappa shape index (κ1) is 28.0. The van der Waals surface area contributed by atoms with E-state index in [1.807, 2.05) is 18.5 Å². The smallest absolute Gasteiger partial charge is 0.126 e. The van der Waals surface area contributed by atoms with Crippen LogP contribution in [0.4, 0.5) is 0 Å². The van der Waals surface area contributed by atoms with Crippen LogP contribution in [0.1, 0.15) is 0 Å². The van der Waals surface area contributed by atoms with Crippen molar-refractivity contribution in [3.63, 3.8) is 0 Å². The molecule has 0 spiro atoms. The first-order chi connectivity index (χ1) is 25.8. The van der Waals surface area contributed by atoms with Gasteiger partial charge in [0.25, 0.3) is 0 Å². The van der Waals surface area contributed by atoms with Crippen LogP contribution in [0.5, 0.6) is 0 Å². The highest BCUT2D eigenvalue weighted by molar-refractivity contribution is 7.25. The van der Waals surface area contributed by atoms with Gasteiger partial charge in [0.05, 0.1) is 45.0 Å². The lowest BCUT2D eigenvalue weighted by Gasteiger charge is -2.11. The van der Waals surface area contributed by atoms with Crippen molar-refractivity contribution in [1.29, 1.82) is 0 Å². The SMILES string of the molecule is c1cnc2sc3ncc(-n4c5ccccc5c5cc(-n6c7ccccc7c7cc(-n8c9ccccc9c9ccccc98)ccc76)ccc54)cc3c2c1. The number of pyridine rings is 2. The first-order valence-electron chi connectivity index (χ1n) is 17.5. The van der Waals surface area contributed by atoms with Gasteiger partial charge in [-0.15, -0.1) is 0 Å². The van der Waals surface area contributed by atoms with Gasteiger partial charge in [-0.25, -0.2) is 9.97 Å². The normalized spacial score (nSPS) is 12.2. The van der Waals surface area contributed by atoms with E-state index in [9.17, 15) is 0 Å². The van der Waals surface area contributed by atoms with E-state index in [2.05, 4.69) is 164 Å². The van der Waals surface area contributed by atoms with Gasteiger partial charge in [0, 0.05) is 60.7 Å². The van der Waals surface area contributed by atoms with Gasteiger partial charge in [0.2, 0.25) is 0 Å². The average molecular weight is 682 g/mol. The van der Waals surface area contributed by atoms with Crippen molar-refractivity contribution in [3.05, 3.63) is 164 Å². The summed E-state index contributed by atoms with van der Waals surface area (Å²) < 4.78 is 7.17. The number of thiophene rings is 1. The van der Waals surface area contributed by atoms with Crippen LogP contribution in [0.3, 0.4) is 0 Å². The van der Waals surface area contributed by atoms with Crippen molar-refractivity contribution >= 4 is 97.2 Å². The van der Waals surface area contributed by atoms with Crippen LogP contribution in [0.2, 0.25) is 0 Å². The zero-order chi connectivity index (χ0) is 33.9. The Bertz CT molecular complexity index is 3380. The molecule has 0 N–H and O–H groups in total. The summed E-state index contributed by atoms with van der Waals surface area (Å²) in [5, 5.41) is 9.71. The molecule has 0 unspecified atom stereocenters. The molecule has 0 saturated carbocycles. The zero-order valence-corrected chi connectivity index (χ0v) is 28.5. The third-order valence-electron chi connectivity index (χ3n) is 10.8. The van der Waals surface area contributed by atoms with Gasteiger partial charge in [-0.05, 0) is 78.9 Å². The van der Waals surface area contributed by atoms with E-state index in [-0.39, 0.29) is 0 Å². The molecule has 0 aliphatic heterocycles. The van der Waals surface area contributed by atoms with E-state index in [0.29, 0.717) is 0 Å². The highest BCUT2D eigenvalue weighted by Gasteiger charge is 2.19. The fraction of sp³-hybridized carbons (Fsp3) is 0. The Morgan fingerprint density at radius 3 is 1.27 bits per heavy atom. The summed E-state index contributed by atoms with van der Waals surface area (Å²) in [4.78, 5) is 11.5. The second-order valence-electron chi connectivity index (χ2n) is 13.5. The molecule has 0 aliphatic rings. The van der Waals surface area contributed by atoms with Gasteiger partial charge in [-0.3, -0.25) is 0 Å². The summed E-state index contributed by atoms with van der Waals surface area (Å²) in [5.74, 6) is 0. The van der Waals surface area contributed by atoms with Crippen LogP contribution >= 0.6 is 11.3 Å². The molecule has 0 bridgehead atoms. The van der Waals surface area contributed by atoms with E-state index in [4.69, 9.17) is 4.98 Å². The Hall–Kier alpha value is -6.76. The van der Waals surface area contributed by atoms with Crippen molar-refractivity contribution in [2.75, 3.05) is 0 Å². The molecule has 6 aromatic heterocycles. The maximum Gasteiger partial charge on any atom is 0.126 e. The lowest BCUT2D eigenvalue weighted by Crippen LogP contribution is -1.97. The maximum atomic E-state index is 4.93. The third-order valence-corrected chi connectivity index (χ3v) is 11.8. The molecule has 0 saturated heterocycles. The molecule has 0 radical (unpaired) electrons. The molecule has 6 aromatic carbocycles. The molecule has 0 atom stereocenters. The highest BCUT2D eigenvalue weighted by Crippen LogP contribution is 2.40. The fourth-order valence-electron chi connectivity index (χ4n) is 8.56. The second kappa shape index (κ2) is 10.4. The molecule has 12 aromatic rings. The van der Waals surface area contributed by atoms with E-state index in [1.165, 1.54) is 54.4 Å². The average Bonchev–Trinajstić information content (AvgIpc) is 3.93. The molecule has 5 nitrogen and oxygen atoms in total. The van der Waals surface area contributed by atoms with Crippen LogP contribution < -0.4 is 0 Å². The van der Waals surface area contributed by atoms with Gasteiger partial charge < -0.3 is 13.7 Å². The van der Waals surface area contributed by atoms with Gasteiger partial charge >= 0.3 is 0 Å². The summed E-state index contributed by atoms with van der Waals surface area (Å²) in [5.41, 5.74) is 10.4. The molecule has 6 heterocycles. The number of aromatic nitrogens is 5. The van der Waals surface area contributed by atoms with Crippen molar-refractivity contribution in [1.82, 2.24) is 23.7 Å². The molecular weight excluding hydrogens is 655 g/mol. The van der Waals surface area contributed by atoms with Gasteiger partial charge in [0.1, 0.15) is 9.66 Å². The summed E-state index contributed by atoms with van der Waals surface area (Å²) in [6.45, 7) is 0. The summed E-state index contributed by atoms with van der Waals surface area (Å²) in [6, 6.07) is 55.1. The predicted octanol–water partition coefficient (Wildman–Crippen LogP) is 12.1. The van der Waals surface area contributed by atoms with E-state index >= 15 is 0 Å². The minimum absolute atomic E-state index is 1.01. The molecule has 242 valence electrons. The Balaban J connectivity index is 1.08. The summed E-state index contributed by atoms with van der Waals surface area (Å²) in [7, 11) is 0. The quantitative estimate of drug-likeness (QED) is 0.186. The van der Waals surface area contributed by atoms with Crippen LogP contribution in [0, 0.1) is 0 Å². The number of hydrogen-bond acceptors (Lipinski definition) is 3. The molecule has 6 heteroatoms. The predicted molar refractivity (Wildman–Crippen MR) is 218 cm³/mol. The van der Waals surface area contributed by atoms with Gasteiger partial charge in [-0.1, -0.05) is 84.1 Å². The zero-order valence-electron chi connectivity index (χ0n) is 27.7. The second-order valence-corrected chi connectivity index (χ2v) is 14.5. The largest absolute Gasteiger partial charge is 0.309 e. The molecule has 0 aliphatic carbocycles. The van der Waals surface area contributed by atoms with Crippen LogP contribution in [0.15, 0.2) is 164 Å². The first-order valence-corrected chi connectivity index (χ1v) is 18.3. The van der Waals surface area contributed by atoms with Gasteiger partial charge in [0.15, 0.2) is 0 Å². The minimum Gasteiger partial charge on any atom is -0.309 e. The van der Waals surface area contributed by atoms with E-state index in [1.54, 1.807) is 11.3 Å². The van der Waals surface area contributed by atoms with Crippen molar-refractivity contribution in [2.45, 2.75) is 0 Å². The Labute approximate surface area is 300 Å². The summed E-state index contributed by atoms with van der Waals surface area (Å²) >= 11 is 1.64. The lowest BCUT2D eigenvalue weighted by molar-refractivity contribution is 1.15. The lowest BCUT2D eigenvalue weighted by atomic mass is 10.1. The minimum atomic E-state index is 1.01. The van der Waals surface area contributed by atoms with Crippen molar-refractivity contribution in [2.24, 2.45) is 0 Å². The third kappa shape index (κ3) is 3.76. The topological polar surface area (TPSA) is 40.6 Å². The number of para-hydroxylation sites is 4. The Kier molecular flexibility index (Phi) is 5.59. The Morgan fingerprint density at radius 2 is 0.731 bits per heavy atom. The number of hydrogen-bond donors (Lipinski definition) is 0. The van der Waals surface area contributed by atoms with Gasteiger partial charge in [-0.2, -0.15) is 0 Å². The highest BCUT2D eigenvalue weighted by atomic mass is 32.1. The molecular formula is C46H27N5S. The monoisotopic (exact) mass is 681 g/mol.